The summed E-state index contributed by atoms with van der Waals surface area (Å²) in [6.45, 7) is 6.30. The monoisotopic (exact) mass is 469 g/mol. The number of ether oxygens (including phenoxy) is 4. The average molecular weight is 470 g/mol. The number of hydrogen-bond donors (Lipinski definition) is 0. The molecule has 174 valence electrons. The molecule has 0 saturated carbocycles. The van der Waals surface area contributed by atoms with E-state index in [1.54, 1.807) is 16.4 Å². The Morgan fingerprint density at radius 1 is 1.00 bits per heavy atom. The molecule has 0 amide bonds. The highest BCUT2D eigenvalue weighted by molar-refractivity contribution is 7.89. The van der Waals surface area contributed by atoms with E-state index in [-0.39, 0.29) is 31.0 Å². The lowest BCUT2D eigenvalue weighted by molar-refractivity contribution is -0.143. The van der Waals surface area contributed by atoms with Gasteiger partial charge in [0, 0.05) is 18.5 Å². The third-order valence-electron chi connectivity index (χ3n) is 6.96. The molecule has 1 aliphatic carbocycles. The summed E-state index contributed by atoms with van der Waals surface area (Å²) in [6, 6.07) is 12.6. The van der Waals surface area contributed by atoms with Crippen LogP contribution in [0.5, 0.6) is 11.5 Å². The van der Waals surface area contributed by atoms with Gasteiger partial charge in [-0.25, -0.2) is 8.42 Å². The molecule has 3 aliphatic heterocycles. The first-order chi connectivity index (χ1) is 15.7. The zero-order valence-corrected chi connectivity index (χ0v) is 19.7. The van der Waals surface area contributed by atoms with Crippen molar-refractivity contribution in [2.45, 2.75) is 62.0 Å². The maximum absolute atomic E-state index is 13.8. The summed E-state index contributed by atoms with van der Waals surface area (Å²) in [4.78, 5) is 0.310. The first-order valence-electron chi connectivity index (χ1n) is 11.3. The number of hydrogen-bond acceptors (Lipinski definition) is 6. The molecule has 33 heavy (non-hydrogen) atoms. The van der Waals surface area contributed by atoms with Crippen LogP contribution in [0, 0.1) is 6.92 Å². The largest absolute Gasteiger partial charge is 0.454 e. The van der Waals surface area contributed by atoms with E-state index >= 15 is 0 Å². The van der Waals surface area contributed by atoms with E-state index in [1.165, 1.54) is 0 Å². The number of fused-ring (bicyclic) bond motifs is 3. The zero-order valence-electron chi connectivity index (χ0n) is 18.9. The number of nitrogens with zero attached hydrogens (tertiary/aromatic N) is 1. The summed E-state index contributed by atoms with van der Waals surface area (Å²) in [5, 5.41) is 0. The molecule has 0 unspecified atom stereocenters. The Labute approximate surface area is 193 Å². The molecule has 0 aromatic heterocycles. The van der Waals surface area contributed by atoms with Crippen LogP contribution in [0.1, 0.15) is 37.3 Å². The summed E-state index contributed by atoms with van der Waals surface area (Å²) in [7, 11) is -3.70. The molecule has 0 spiro atoms. The molecular formula is C25H27NO6S. The van der Waals surface area contributed by atoms with Gasteiger partial charge in [-0.05, 0) is 62.6 Å². The molecule has 2 aromatic rings. The lowest BCUT2D eigenvalue weighted by atomic mass is 9.83. The van der Waals surface area contributed by atoms with Gasteiger partial charge in [-0.1, -0.05) is 29.8 Å². The Bertz CT molecular complexity index is 1240. The van der Waals surface area contributed by atoms with Crippen LogP contribution in [0.3, 0.4) is 0 Å². The van der Waals surface area contributed by atoms with Gasteiger partial charge in [0.1, 0.15) is 6.10 Å². The van der Waals surface area contributed by atoms with Gasteiger partial charge in [-0.15, -0.1) is 0 Å². The van der Waals surface area contributed by atoms with Gasteiger partial charge in [-0.3, -0.25) is 0 Å². The van der Waals surface area contributed by atoms with E-state index in [4.69, 9.17) is 18.9 Å². The van der Waals surface area contributed by atoms with Gasteiger partial charge in [0.15, 0.2) is 17.3 Å². The van der Waals surface area contributed by atoms with E-state index in [9.17, 15) is 8.42 Å². The van der Waals surface area contributed by atoms with E-state index in [0.29, 0.717) is 29.4 Å². The van der Waals surface area contributed by atoms with Crippen molar-refractivity contribution in [2.24, 2.45) is 0 Å². The van der Waals surface area contributed by atoms with Gasteiger partial charge in [0.05, 0.1) is 11.0 Å². The Morgan fingerprint density at radius 3 is 2.55 bits per heavy atom. The molecule has 2 aromatic carbocycles. The van der Waals surface area contributed by atoms with Crippen molar-refractivity contribution in [3.8, 4) is 11.5 Å². The van der Waals surface area contributed by atoms with Crippen LogP contribution in [-0.4, -0.2) is 50.1 Å². The normalized spacial score (nSPS) is 30.1. The SMILES string of the molecule is Cc1ccc(S(=O)(=O)N2C[C@@H](c3ccc4c(c3)OCO4)C3=C[C@@H]4OC(C)(C)O[C@@H]4C[C@@H]32)cc1. The van der Waals surface area contributed by atoms with Crippen LogP contribution in [-0.2, 0) is 19.5 Å². The maximum Gasteiger partial charge on any atom is 0.243 e. The van der Waals surface area contributed by atoms with E-state index in [2.05, 4.69) is 6.08 Å². The van der Waals surface area contributed by atoms with Crippen LogP contribution in [0.15, 0.2) is 59.0 Å². The van der Waals surface area contributed by atoms with Crippen LogP contribution in [0.25, 0.3) is 0 Å². The third-order valence-corrected chi connectivity index (χ3v) is 8.85. The minimum absolute atomic E-state index is 0.0991. The average Bonchev–Trinajstić information content (AvgIpc) is 3.45. The molecule has 7 nitrogen and oxygen atoms in total. The molecule has 4 atom stereocenters. The van der Waals surface area contributed by atoms with Crippen molar-refractivity contribution in [3.63, 3.8) is 0 Å². The van der Waals surface area contributed by atoms with Crippen molar-refractivity contribution in [1.82, 2.24) is 4.31 Å². The Morgan fingerprint density at radius 2 is 1.76 bits per heavy atom. The second kappa shape index (κ2) is 7.30. The molecule has 8 heteroatoms. The Balaban J connectivity index is 1.42. The minimum Gasteiger partial charge on any atom is -0.454 e. The molecule has 3 heterocycles. The summed E-state index contributed by atoms with van der Waals surface area (Å²) in [5.74, 6) is 0.613. The number of aryl methyl sites for hydroxylation is 1. The fourth-order valence-corrected chi connectivity index (χ4v) is 7.07. The topological polar surface area (TPSA) is 74.3 Å². The highest BCUT2D eigenvalue weighted by atomic mass is 32.2. The highest BCUT2D eigenvalue weighted by Gasteiger charge is 2.52. The van der Waals surface area contributed by atoms with Crippen LogP contribution in [0.2, 0.25) is 0 Å². The van der Waals surface area contributed by atoms with Crippen molar-refractivity contribution in [1.29, 1.82) is 0 Å². The third kappa shape index (κ3) is 3.47. The molecule has 0 radical (unpaired) electrons. The van der Waals surface area contributed by atoms with Crippen LogP contribution >= 0.6 is 0 Å². The van der Waals surface area contributed by atoms with Gasteiger partial charge < -0.3 is 18.9 Å². The number of rotatable bonds is 3. The number of benzene rings is 2. The van der Waals surface area contributed by atoms with Crippen LogP contribution in [0.4, 0.5) is 0 Å². The van der Waals surface area contributed by atoms with Gasteiger partial charge in [-0.2, -0.15) is 4.31 Å². The van der Waals surface area contributed by atoms with Crippen molar-refractivity contribution in [3.05, 3.63) is 65.2 Å². The van der Waals surface area contributed by atoms with Gasteiger partial charge in [0.25, 0.3) is 0 Å². The quantitative estimate of drug-likeness (QED) is 0.638. The van der Waals surface area contributed by atoms with Crippen molar-refractivity contribution in [2.75, 3.05) is 13.3 Å². The Kier molecular flexibility index (Phi) is 4.68. The fourth-order valence-electron chi connectivity index (χ4n) is 5.43. The molecular weight excluding hydrogens is 442 g/mol. The molecule has 2 saturated heterocycles. The predicted molar refractivity (Wildman–Crippen MR) is 121 cm³/mol. The zero-order chi connectivity index (χ0) is 23.0. The molecule has 6 rings (SSSR count). The minimum atomic E-state index is -3.70. The standard InChI is InChI=1S/C25H27NO6S/c1-15-4-7-17(8-5-15)33(27,28)26-13-19(16-6-9-21-22(10-16)30-14-29-21)18-11-23-24(12-20(18)26)32-25(2,3)31-23/h4-11,19-20,23-24H,12-14H2,1-3H3/t19-,20-,23-,24+/m0/s1. The maximum atomic E-state index is 13.8. The van der Waals surface area contributed by atoms with E-state index < -0.39 is 15.8 Å². The second-order valence-electron chi connectivity index (χ2n) is 9.61. The fraction of sp³-hybridized carbons (Fsp3) is 0.440. The molecule has 0 bridgehead atoms. The lowest BCUT2D eigenvalue weighted by Crippen LogP contribution is -2.42. The van der Waals surface area contributed by atoms with E-state index in [0.717, 1.165) is 16.7 Å². The van der Waals surface area contributed by atoms with Crippen molar-refractivity contribution >= 4 is 10.0 Å². The summed E-state index contributed by atoms with van der Waals surface area (Å²) < 4.78 is 52.5. The van der Waals surface area contributed by atoms with Gasteiger partial charge in [0.2, 0.25) is 16.8 Å². The highest BCUT2D eigenvalue weighted by Crippen LogP contribution is 2.48. The summed E-state index contributed by atoms with van der Waals surface area (Å²) >= 11 is 0. The van der Waals surface area contributed by atoms with E-state index in [1.807, 2.05) is 51.1 Å². The second-order valence-corrected chi connectivity index (χ2v) is 11.5. The number of sulfonamides is 1. The molecule has 0 N–H and O–H groups in total. The molecule has 2 fully saturated rings. The lowest BCUT2D eigenvalue weighted by Gasteiger charge is -2.31. The first kappa shape index (κ1) is 21.2. The summed E-state index contributed by atoms with van der Waals surface area (Å²) in [6.07, 6.45) is 2.28. The molecule has 4 aliphatic rings. The summed E-state index contributed by atoms with van der Waals surface area (Å²) in [5.41, 5.74) is 3.09. The smallest absolute Gasteiger partial charge is 0.243 e. The predicted octanol–water partition coefficient (Wildman–Crippen LogP) is 3.73. The van der Waals surface area contributed by atoms with Gasteiger partial charge >= 0.3 is 0 Å². The van der Waals surface area contributed by atoms with Crippen molar-refractivity contribution < 1.29 is 27.4 Å². The first-order valence-corrected chi connectivity index (χ1v) is 12.7. The van der Waals surface area contributed by atoms with Crippen LogP contribution < -0.4 is 9.47 Å². The Hall–Kier alpha value is -2.39.